The second kappa shape index (κ2) is 54.7. The summed E-state index contributed by atoms with van der Waals surface area (Å²) in [5.41, 5.74) is 0. The quantitative estimate of drug-likeness (QED) is 0.0211. The van der Waals surface area contributed by atoms with Crippen LogP contribution in [0.15, 0.2) is 97.2 Å². The molecule has 0 saturated carbocycles. The van der Waals surface area contributed by atoms with Crippen molar-refractivity contribution in [3.8, 4) is 0 Å². The normalized spacial score (nSPS) is 14.0. The molecule has 0 aromatic carbocycles. The van der Waals surface area contributed by atoms with Gasteiger partial charge in [0, 0.05) is 12.8 Å². The molecule has 0 saturated heterocycles. The van der Waals surface area contributed by atoms with Crippen LogP contribution < -0.4 is 0 Å². The zero-order valence-electron chi connectivity index (χ0n) is 48.3. The lowest BCUT2D eigenvalue weighted by molar-refractivity contribution is -0.870. The smallest absolute Gasteiger partial charge is 0.462 e. The fourth-order valence-corrected chi connectivity index (χ4v) is 8.80. The minimum Gasteiger partial charge on any atom is -0.462 e. The Morgan fingerprint density at radius 1 is 0.419 bits per heavy atom. The molecule has 0 radical (unpaired) electrons. The number of unbranched alkanes of at least 4 members (excludes halogenated alkanes) is 24. The molecule has 0 amide bonds. The van der Waals surface area contributed by atoms with Crippen LogP contribution in [0.5, 0.6) is 0 Å². The van der Waals surface area contributed by atoms with E-state index in [1.54, 1.807) is 0 Å². The Morgan fingerprint density at radius 2 is 0.730 bits per heavy atom. The number of ether oxygens (including phenoxy) is 2. The van der Waals surface area contributed by atoms with Gasteiger partial charge in [0.25, 0.3) is 0 Å². The SMILES string of the molecule is CC/C=C\C/C=C\C/C=C\C/C=C\CCCCCCCCCCCCCCCCCCCCC(=O)OC(COC(=O)CCCCCCCC/C=C\C/C=C\C/C=C\C/C=C\CC)COP(=O)(O)OCC[N+](C)(C)C. The third-order valence-corrected chi connectivity index (χ3v) is 13.6. The summed E-state index contributed by atoms with van der Waals surface area (Å²) in [6.07, 6.45) is 74.8. The summed E-state index contributed by atoms with van der Waals surface area (Å²) in [5, 5.41) is 0. The van der Waals surface area contributed by atoms with E-state index in [0.29, 0.717) is 17.4 Å². The minimum absolute atomic E-state index is 0.0259. The van der Waals surface area contributed by atoms with E-state index in [9.17, 15) is 19.0 Å². The van der Waals surface area contributed by atoms with Crippen molar-refractivity contribution in [3.63, 3.8) is 0 Å². The van der Waals surface area contributed by atoms with Gasteiger partial charge in [-0.2, -0.15) is 0 Å². The van der Waals surface area contributed by atoms with E-state index in [1.807, 2.05) is 21.1 Å². The van der Waals surface area contributed by atoms with E-state index in [1.165, 1.54) is 109 Å². The molecule has 0 rings (SSSR count). The molecule has 0 aliphatic rings. The minimum atomic E-state index is -4.39. The fourth-order valence-electron chi connectivity index (χ4n) is 8.06. The van der Waals surface area contributed by atoms with Crippen LogP contribution in [0.3, 0.4) is 0 Å². The molecular formula is C64H113NO8P+. The summed E-state index contributed by atoms with van der Waals surface area (Å²) in [5.74, 6) is -0.812. The standard InChI is InChI=1S/C64H112NO8P/c1-6-8-10-12-14-16-18-20-22-24-26-27-28-29-30-31-32-33-34-35-36-37-39-41-43-45-47-49-51-53-55-57-64(67)73-62(61-72-74(68,69)71-59-58-65(3,4)5)60-70-63(66)56-54-52-50-48-46-44-42-40-38-25-23-21-19-17-15-13-11-9-7-2/h8-11,14-17,20-23,26-27,38,40,62H,6-7,12-13,18-19,24-25,28-37,39,41-61H2,1-5H3/p+1/b10-8-,11-9-,16-14-,17-15-,22-20-,23-21-,27-26-,40-38-. The lowest BCUT2D eigenvalue weighted by Crippen LogP contribution is -2.37. The fraction of sp³-hybridized carbons (Fsp3) is 0.719. The van der Waals surface area contributed by atoms with Gasteiger partial charge in [0.2, 0.25) is 0 Å². The Labute approximate surface area is 455 Å². The van der Waals surface area contributed by atoms with Crippen molar-refractivity contribution in [3.05, 3.63) is 97.2 Å². The van der Waals surface area contributed by atoms with Gasteiger partial charge in [-0.05, 0) is 89.9 Å². The number of hydrogen-bond donors (Lipinski definition) is 1. The predicted molar refractivity (Wildman–Crippen MR) is 316 cm³/mol. The molecule has 0 aromatic rings. The average Bonchev–Trinajstić information content (AvgIpc) is 3.36. The first-order valence-corrected chi connectivity index (χ1v) is 31.5. The Balaban J connectivity index is 4.11. The van der Waals surface area contributed by atoms with E-state index in [-0.39, 0.29) is 32.0 Å². The number of carbonyl (C=O) groups is 2. The average molecular weight is 1060 g/mol. The zero-order chi connectivity index (χ0) is 54.2. The molecule has 2 atom stereocenters. The van der Waals surface area contributed by atoms with Gasteiger partial charge < -0.3 is 18.9 Å². The molecule has 10 heteroatoms. The van der Waals surface area contributed by atoms with Crippen LogP contribution in [0.1, 0.15) is 245 Å². The molecule has 0 bridgehead atoms. The molecule has 2 unspecified atom stereocenters. The Bertz CT molecular complexity index is 1570. The van der Waals surface area contributed by atoms with Gasteiger partial charge in [-0.25, -0.2) is 4.57 Å². The highest BCUT2D eigenvalue weighted by Crippen LogP contribution is 2.43. The van der Waals surface area contributed by atoms with E-state index in [0.717, 1.165) is 103 Å². The Kier molecular flexibility index (Phi) is 52.4. The van der Waals surface area contributed by atoms with Crippen LogP contribution >= 0.6 is 7.82 Å². The van der Waals surface area contributed by atoms with Crippen LogP contribution in [0, 0.1) is 0 Å². The van der Waals surface area contributed by atoms with Crippen molar-refractivity contribution >= 4 is 19.8 Å². The highest BCUT2D eigenvalue weighted by molar-refractivity contribution is 7.47. The number of hydrogen-bond acceptors (Lipinski definition) is 7. The summed E-state index contributed by atoms with van der Waals surface area (Å²) in [7, 11) is 1.46. The number of nitrogens with zero attached hydrogens (tertiary/aromatic N) is 1. The summed E-state index contributed by atoms with van der Waals surface area (Å²) < 4.78 is 34.6. The molecule has 0 fully saturated rings. The monoisotopic (exact) mass is 1050 g/mol. The first kappa shape index (κ1) is 70.9. The lowest BCUT2D eigenvalue weighted by atomic mass is 10.0. The number of phosphoric ester groups is 1. The third-order valence-electron chi connectivity index (χ3n) is 12.6. The molecule has 0 spiro atoms. The number of allylic oxidation sites excluding steroid dienone is 16. The molecular weight excluding hydrogens is 942 g/mol. The number of esters is 2. The molecule has 0 aliphatic carbocycles. The van der Waals surface area contributed by atoms with E-state index in [2.05, 4.69) is 111 Å². The number of likely N-dealkylation sites (N-methyl/N-ethyl adjacent to an activating group) is 1. The van der Waals surface area contributed by atoms with E-state index < -0.39 is 26.5 Å². The van der Waals surface area contributed by atoms with Gasteiger partial charge in [0.15, 0.2) is 6.10 Å². The van der Waals surface area contributed by atoms with Crippen molar-refractivity contribution in [1.29, 1.82) is 0 Å². The van der Waals surface area contributed by atoms with Crippen molar-refractivity contribution < 1.29 is 42.1 Å². The van der Waals surface area contributed by atoms with Crippen molar-refractivity contribution in [2.75, 3.05) is 47.5 Å². The largest absolute Gasteiger partial charge is 0.472 e. The highest BCUT2D eigenvalue weighted by atomic mass is 31.2. The first-order valence-electron chi connectivity index (χ1n) is 30.0. The number of quaternary nitrogens is 1. The maximum Gasteiger partial charge on any atom is 0.472 e. The van der Waals surface area contributed by atoms with Crippen LogP contribution in [-0.2, 0) is 32.7 Å². The summed E-state index contributed by atoms with van der Waals surface area (Å²) in [6.45, 7) is 4.20. The van der Waals surface area contributed by atoms with Crippen LogP contribution in [0.4, 0.5) is 0 Å². The van der Waals surface area contributed by atoms with Gasteiger partial charge in [0.1, 0.15) is 19.8 Å². The second-order valence-electron chi connectivity index (χ2n) is 21.0. The summed E-state index contributed by atoms with van der Waals surface area (Å²) in [6, 6.07) is 0. The molecule has 426 valence electrons. The van der Waals surface area contributed by atoms with Gasteiger partial charge in [-0.1, -0.05) is 239 Å². The summed E-state index contributed by atoms with van der Waals surface area (Å²) >= 11 is 0. The maximum atomic E-state index is 12.8. The lowest BCUT2D eigenvalue weighted by Gasteiger charge is -2.24. The van der Waals surface area contributed by atoms with E-state index in [4.69, 9.17) is 18.5 Å². The molecule has 0 aliphatic heterocycles. The molecule has 0 heterocycles. The highest BCUT2D eigenvalue weighted by Gasteiger charge is 2.27. The third kappa shape index (κ3) is 58.2. The molecule has 1 N–H and O–H groups in total. The second-order valence-corrected chi connectivity index (χ2v) is 22.4. The number of phosphoric acid groups is 1. The van der Waals surface area contributed by atoms with Gasteiger partial charge in [0.05, 0.1) is 27.7 Å². The van der Waals surface area contributed by atoms with Crippen molar-refractivity contribution in [2.24, 2.45) is 0 Å². The Hall–Kier alpha value is -3.07. The maximum absolute atomic E-state index is 12.8. The van der Waals surface area contributed by atoms with Crippen molar-refractivity contribution in [1.82, 2.24) is 0 Å². The van der Waals surface area contributed by atoms with Gasteiger partial charge in [-0.3, -0.25) is 18.6 Å². The number of carbonyl (C=O) groups excluding carboxylic acids is 2. The van der Waals surface area contributed by atoms with Gasteiger partial charge >= 0.3 is 19.8 Å². The van der Waals surface area contributed by atoms with Crippen LogP contribution in [0.2, 0.25) is 0 Å². The molecule has 9 nitrogen and oxygen atoms in total. The predicted octanol–water partition coefficient (Wildman–Crippen LogP) is 18.8. The van der Waals surface area contributed by atoms with Crippen molar-refractivity contribution in [2.45, 2.75) is 251 Å². The topological polar surface area (TPSA) is 108 Å². The number of rotatable bonds is 54. The van der Waals surface area contributed by atoms with Gasteiger partial charge in [-0.15, -0.1) is 0 Å². The van der Waals surface area contributed by atoms with E-state index >= 15 is 0 Å². The zero-order valence-corrected chi connectivity index (χ0v) is 49.2. The first-order chi connectivity index (χ1) is 36.0. The summed E-state index contributed by atoms with van der Waals surface area (Å²) in [4.78, 5) is 35.7. The molecule has 0 aromatic heterocycles. The Morgan fingerprint density at radius 3 is 1.08 bits per heavy atom. The van der Waals surface area contributed by atoms with Crippen LogP contribution in [0.25, 0.3) is 0 Å². The molecule has 74 heavy (non-hydrogen) atoms. The van der Waals surface area contributed by atoms with Crippen LogP contribution in [-0.4, -0.2) is 74.9 Å².